The molecule has 20 heavy (non-hydrogen) atoms. The first-order valence-electron chi connectivity index (χ1n) is 6.60. The summed E-state index contributed by atoms with van der Waals surface area (Å²) in [4.78, 5) is 22.6. The number of amides is 1. The van der Waals surface area contributed by atoms with Gasteiger partial charge in [-0.1, -0.05) is 0 Å². The van der Waals surface area contributed by atoms with Crippen LogP contribution in [-0.4, -0.2) is 28.8 Å². The number of hydrogen-bond donors (Lipinski definition) is 2. The molecular weight excluding hydrogens is 260 g/mol. The van der Waals surface area contributed by atoms with Crippen molar-refractivity contribution in [2.45, 2.75) is 65.5 Å². The summed E-state index contributed by atoms with van der Waals surface area (Å²) in [5, 5.41) is 20.3. The van der Waals surface area contributed by atoms with Gasteiger partial charge in [0.2, 0.25) is 0 Å². The monoisotopic (exact) mass is 284 g/mol. The fourth-order valence-corrected chi connectivity index (χ4v) is 1.51. The number of hydrogen-bond acceptors (Lipinski definition) is 4. The topological polar surface area (TPSA) is 99.4 Å². The summed E-state index contributed by atoms with van der Waals surface area (Å²) in [5.41, 5.74) is -1.16. The molecule has 0 saturated heterocycles. The van der Waals surface area contributed by atoms with Gasteiger partial charge >= 0.3 is 12.1 Å². The van der Waals surface area contributed by atoms with Gasteiger partial charge in [0.15, 0.2) is 0 Å². The molecule has 0 heterocycles. The van der Waals surface area contributed by atoms with E-state index < -0.39 is 29.1 Å². The lowest BCUT2D eigenvalue weighted by Gasteiger charge is -2.22. The Labute approximate surface area is 120 Å². The maximum absolute atomic E-state index is 11.5. The Morgan fingerprint density at radius 2 is 1.85 bits per heavy atom. The summed E-state index contributed by atoms with van der Waals surface area (Å²) in [5.74, 6) is -1.11. The zero-order chi connectivity index (χ0) is 16.0. The maximum Gasteiger partial charge on any atom is 0.408 e. The number of carboxylic acids is 1. The fourth-order valence-electron chi connectivity index (χ4n) is 1.51. The largest absolute Gasteiger partial charge is 0.480 e. The van der Waals surface area contributed by atoms with Crippen molar-refractivity contribution in [3.8, 4) is 6.07 Å². The lowest BCUT2D eigenvalue weighted by Crippen LogP contribution is -2.43. The van der Waals surface area contributed by atoms with Crippen LogP contribution in [0.25, 0.3) is 0 Å². The second kappa shape index (κ2) is 7.13. The molecule has 1 unspecified atom stereocenters. The van der Waals surface area contributed by atoms with Crippen LogP contribution in [0.15, 0.2) is 0 Å². The predicted molar refractivity (Wildman–Crippen MR) is 74.0 cm³/mol. The van der Waals surface area contributed by atoms with E-state index in [2.05, 4.69) is 11.4 Å². The number of nitriles is 1. The first-order valence-corrected chi connectivity index (χ1v) is 6.60. The van der Waals surface area contributed by atoms with E-state index in [-0.39, 0.29) is 6.42 Å². The molecule has 0 fully saturated rings. The molecule has 2 N–H and O–H groups in total. The molecule has 0 aromatic carbocycles. The number of alkyl carbamates (subject to hydrolysis) is 1. The first kappa shape index (κ1) is 18.2. The average molecular weight is 284 g/mol. The van der Waals surface area contributed by atoms with Gasteiger partial charge in [0.1, 0.15) is 11.6 Å². The molecule has 0 aliphatic rings. The van der Waals surface area contributed by atoms with Crippen LogP contribution in [0.2, 0.25) is 0 Å². The molecule has 114 valence electrons. The van der Waals surface area contributed by atoms with Crippen LogP contribution >= 0.6 is 0 Å². The quantitative estimate of drug-likeness (QED) is 0.781. The van der Waals surface area contributed by atoms with Gasteiger partial charge in [-0.2, -0.15) is 5.26 Å². The minimum absolute atomic E-state index is 0.264. The molecule has 0 aromatic heterocycles. The highest BCUT2D eigenvalue weighted by Crippen LogP contribution is 2.22. The summed E-state index contributed by atoms with van der Waals surface area (Å²) in [6.07, 6.45) is 0.625. The SMILES string of the molecule is CC(C)(C#N)CCCC(NC(=O)OC(C)(C)C)C(=O)O. The highest BCUT2D eigenvalue weighted by molar-refractivity contribution is 5.79. The molecule has 0 rings (SSSR count). The molecular formula is C14H24N2O4. The standard InChI is InChI=1S/C14H24N2O4/c1-13(2,3)20-12(19)16-10(11(17)18)7-6-8-14(4,5)9-15/h10H,6-8H2,1-5H3,(H,16,19)(H,17,18). The Kier molecular flexibility index (Phi) is 6.50. The molecule has 1 atom stereocenters. The van der Waals surface area contributed by atoms with Gasteiger partial charge in [0, 0.05) is 0 Å². The van der Waals surface area contributed by atoms with Crippen LogP contribution in [0.3, 0.4) is 0 Å². The lowest BCUT2D eigenvalue weighted by atomic mass is 9.88. The second-order valence-corrected chi connectivity index (χ2v) is 6.42. The smallest absolute Gasteiger partial charge is 0.408 e. The molecule has 0 bridgehead atoms. The Bertz CT molecular complexity index is 391. The number of nitrogens with zero attached hydrogens (tertiary/aromatic N) is 1. The number of nitrogens with one attached hydrogen (secondary N) is 1. The Balaban J connectivity index is 4.36. The van der Waals surface area contributed by atoms with E-state index in [0.29, 0.717) is 12.8 Å². The van der Waals surface area contributed by atoms with Gasteiger partial charge in [0.25, 0.3) is 0 Å². The Hall–Kier alpha value is -1.77. The molecule has 0 aromatic rings. The summed E-state index contributed by atoms with van der Waals surface area (Å²) in [7, 11) is 0. The van der Waals surface area contributed by atoms with Crippen molar-refractivity contribution in [1.82, 2.24) is 5.32 Å². The van der Waals surface area contributed by atoms with Crippen molar-refractivity contribution < 1.29 is 19.4 Å². The second-order valence-electron chi connectivity index (χ2n) is 6.42. The molecule has 6 heteroatoms. The molecule has 1 amide bonds. The number of rotatable bonds is 6. The van der Waals surface area contributed by atoms with Crippen LogP contribution < -0.4 is 5.32 Å². The van der Waals surface area contributed by atoms with E-state index in [1.807, 2.05) is 0 Å². The van der Waals surface area contributed by atoms with Gasteiger partial charge < -0.3 is 15.2 Å². The summed E-state index contributed by atoms with van der Waals surface area (Å²) in [6.45, 7) is 8.71. The Morgan fingerprint density at radius 3 is 2.25 bits per heavy atom. The average Bonchev–Trinajstić information content (AvgIpc) is 2.24. The predicted octanol–water partition coefficient (Wildman–Crippen LogP) is 2.68. The van der Waals surface area contributed by atoms with Crippen molar-refractivity contribution in [3.05, 3.63) is 0 Å². The van der Waals surface area contributed by atoms with Gasteiger partial charge in [-0.15, -0.1) is 0 Å². The van der Waals surface area contributed by atoms with Crippen LogP contribution in [-0.2, 0) is 9.53 Å². The third kappa shape index (κ3) is 8.35. The van der Waals surface area contributed by atoms with Crippen molar-refractivity contribution >= 4 is 12.1 Å². The van der Waals surface area contributed by atoms with Gasteiger partial charge in [-0.25, -0.2) is 9.59 Å². The molecule has 0 spiro atoms. The maximum atomic E-state index is 11.5. The van der Waals surface area contributed by atoms with Crippen molar-refractivity contribution in [2.75, 3.05) is 0 Å². The molecule has 0 saturated carbocycles. The van der Waals surface area contributed by atoms with Crippen LogP contribution in [0.4, 0.5) is 4.79 Å². The lowest BCUT2D eigenvalue weighted by molar-refractivity contribution is -0.139. The summed E-state index contributed by atoms with van der Waals surface area (Å²) in [6, 6.07) is 1.16. The van der Waals surface area contributed by atoms with Crippen molar-refractivity contribution in [2.24, 2.45) is 5.41 Å². The van der Waals surface area contributed by atoms with E-state index in [0.717, 1.165) is 0 Å². The highest BCUT2D eigenvalue weighted by Gasteiger charge is 2.25. The number of aliphatic carboxylic acids is 1. The van der Waals surface area contributed by atoms with Gasteiger partial charge in [-0.3, -0.25) is 0 Å². The Morgan fingerprint density at radius 1 is 1.30 bits per heavy atom. The number of ether oxygens (including phenoxy) is 1. The van der Waals surface area contributed by atoms with E-state index in [9.17, 15) is 9.59 Å². The normalized spacial score (nSPS) is 13.2. The zero-order valence-corrected chi connectivity index (χ0v) is 12.8. The van der Waals surface area contributed by atoms with E-state index >= 15 is 0 Å². The third-order valence-electron chi connectivity index (χ3n) is 2.59. The molecule has 0 aliphatic heterocycles. The van der Waals surface area contributed by atoms with Crippen LogP contribution in [0, 0.1) is 16.7 Å². The van der Waals surface area contributed by atoms with E-state index in [1.54, 1.807) is 34.6 Å². The summed E-state index contributed by atoms with van der Waals surface area (Å²) >= 11 is 0. The van der Waals surface area contributed by atoms with E-state index in [4.69, 9.17) is 15.1 Å². The summed E-state index contributed by atoms with van der Waals surface area (Å²) < 4.78 is 5.02. The highest BCUT2D eigenvalue weighted by atomic mass is 16.6. The van der Waals surface area contributed by atoms with Crippen molar-refractivity contribution in [1.29, 1.82) is 5.26 Å². The van der Waals surface area contributed by atoms with Gasteiger partial charge in [-0.05, 0) is 53.9 Å². The number of carbonyl (C=O) groups excluding carboxylic acids is 1. The van der Waals surface area contributed by atoms with Gasteiger partial charge in [0.05, 0.1) is 11.5 Å². The zero-order valence-electron chi connectivity index (χ0n) is 12.8. The van der Waals surface area contributed by atoms with Crippen molar-refractivity contribution in [3.63, 3.8) is 0 Å². The minimum atomic E-state index is -1.11. The fraction of sp³-hybridized carbons (Fsp3) is 0.786. The molecule has 0 radical (unpaired) electrons. The molecule has 6 nitrogen and oxygen atoms in total. The number of carboxylic acid groups (broad SMARTS) is 1. The molecule has 0 aliphatic carbocycles. The van der Waals surface area contributed by atoms with E-state index in [1.165, 1.54) is 0 Å². The van der Waals surface area contributed by atoms with Crippen LogP contribution in [0.1, 0.15) is 53.9 Å². The third-order valence-corrected chi connectivity index (χ3v) is 2.59. The number of carbonyl (C=O) groups is 2. The first-order chi connectivity index (χ1) is 8.97. The minimum Gasteiger partial charge on any atom is -0.480 e. The van der Waals surface area contributed by atoms with Crippen LogP contribution in [0.5, 0.6) is 0 Å².